The first-order chi connectivity index (χ1) is 17.5. The average molecular weight is 496 g/mol. The third-order valence-corrected chi connectivity index (χ3v) is 7.24. The number of pyridine rings is 3. The Kier molecular flexibility index (Phi) is 5.60. The molecular weight excluding hydrogens is 469 g/mol. The van der Waals surface area contributed by atoms with Crippen LogP contribution < -0.4 is 24.8 Å². The van der Waals surface area contributed by atoms with Gasteiger partial charge in [0.25, 0.3) is 5.91 Å². The van der Waals surface area contributed by atoms with Crippen LogP contribution in [0.25, 0.3) is 11.0 Å². The number of aromatic nitrogens is 3. The number of carbonyl (C=O) groups excluding carboxylic acids is 1. The maximum Gasteiger partial charge on any atom is 0.263 e. The van der Waals surface area contributed by atoms with Crippen LogP contribution in [0.15, 0.2) is 30.5 Å². The lowest BCUT2D eigenvalue weighted by atomic mass is 9.71. The van der Waals surface area contributed by atoms with Crippen LogP contribution in [0.5, 0.6) is 17.4 Å². The van der Waals surface area contributed by atoms with Crippen molar-refractivity contribution in [1.29, 1.82) is 0 Å². The normalized spacial score (nSPS) is 24.7. The Morgan fingerprint density at radius 3 is 2.81 bits per heavy atom. The number of nitrogens with one attached hydrogen (secondary N) is 2. The second kappa shape index (κ2) is 8.82. The summed E-state index contributed by atoms with van der Waals surface area (Å²) < 4.78 is 37.5. The summed E-state index contributed by atoms with van der Waals surface area (Å²) in [6.07, 6.45) is 4.50. The van der Waals surface area contributed by atoms with E-state index in [9.17, 15) is 9.18 Å². The molecule has 2 bridgehead atoms. The van der Waals surface area contributed by atoms with Crippen LogP contribution in [0.1, 0.15) is 31.4 Å². The summed E-state index contributed by atoms with van der Waals surface area (Å²) in [7, 11) is 1.51. The monoisotopic (exact) mass is 495 g/mol. The van der Waals surface area contributed by atoms with Crippen molar-refractivity contribution >= 4 is 22.8 Å². The maximum absolute atomic E-state index is 14.6. The van der Waals surface area contributed by atoms with Gasteiger partial charge in [-0.1, -0.05) is 0 Å². The molecule has 3 aliphatic heterocycles. The Bertz CT molecular complexity index is 1310. The van der Waals surface area contributed by atoms with Crippen molar-refractivity contribution in [2.24, 2.45) is 0 Å². The molecule has 3 aromatic heterocycles. The standard InChI is InChI=1S/C25H26FN5O5/c1-33-20-5-3-17-21(31-20)22(16(26)11-27-17)35-14-25-8-6-24(7-9-25,13-36-25)28-10-15-2-4-18-23(29-15)30-19(32)12-34-18/h2-5,11,28H,6-10,12-14H2,1H3,(H,29,30,32). The fourth-order valence-corrected chi connectivity index (χ4v) is 5.02. The summed E-state index contributed by atoms with van der Waals surface area (Å²) in [5.74, 6) is 0.676. The summed E-state index contributed by atoms with van der Waals surface area (Å²) in [5, 5.41) is 6.36. The zero-order valence-electron chi connectivity index (χ0n) is 19.8. The van der Waals surface area contributed by atoms with E-state index in [0.29, 0.717) is 41.6 Å². The molecule has 188 valence electrons. The minimum absolute atomic E-state index is 0.00687. The van der Waals surface area contributed by atoms with E-state index in [0.717, 1.165) is 37.6 Å². The van der Waals surface area contributed by atoms with Gasteiger partial charge in [-0.2, -0.15) is 0 Å². The molecule has 2 saturated heterocycles. The zero-order chi connectivity index (χ0) is 24.8. The number of amides is 1. The molecule has 0 radical (unpaired) electrons. The number of ether oxygens (including phenoxy) is 4. The van der Waals surface area contributed by atoms with Gasteiger partial charge in [-0.15, -0.1) is 0 Å². The van der Waals surface area contributed by atoms with Crippen LogP contribution >= 0.6 is 0 Å². The lowest BCUT2D eigenvalue weighted by Gasteiger charge is -2.53. The lowest BCUT2D eigenvalue weighted by Crippen LogP contribution is -2.63. The predicted octanol–water partition coefficient (Wildman–Crippen LogP) is 2.75. The number of rotatable bonds is 7. The van der Waals surface area contributed by atoms with Gasteiger partial charge in [0.05, 0.1) is 31.1 Å². The smallest absolute Gasteiger partial charge is 0.263 e. The minimum atomic E-state index is -0.568. The van der Waals surface area contributed by atoms with Crippen LogP contribution in [-0.4, -0.2) is 58.9 Å². The molecule has 0 aromatic carbocycles. The van der Waals surface area contributed by atoms with Gasteiger partial charge in [-0.3, -0.25) is 9.78 Å². The molecule has 1 aliphatic carbocycles. The fourth-order valence-electron chi connectivity index (χ4n) is 5.02. The fraction of sp³-hybridized carbons (Fsp3) is 0.440. The van der Waals surface area contributed by atoms with Gasteiger partial charge in [0.15, 0.2) is 29.7 Å². The molecular formula is C25H26FN5O5. The van der Waals surface area contributed by atoms with Crippen LogP contribution in [0.3, 0.4) is 0 Å². The molecule has 3 fully saturated rings. The largest absolute Gasteiger partial charge is 0.485 e. The zero-order valence-corrected chi connectivity index (χ0v) is 19.8. The van der Waals surface area contributed by atoms with Crippen molar-refractivity contribution in [3.63, 3.8) is 0 Å². The maximum atomic E-state index is 14.6. The summed E-state index contributed by atoms with van der Waals surface area (Å²) in [5.41, 5.74) is 1.02. The minimum Gasteiger partial charge on any atom is -0.485 e. The van der Waals surface area contributed by atoms with Gasteiger partial charge < -0.3 is 29.6 Å². The molecule has 1 saturated carbocycles. The molecule has 4 aliphatic rings. The van der Waals surface area contributed by atoms with E-state index in [4.69, 9.17) is 18.9 Å². The highest BCUT2D eigenvalue weighted by molar-refractivity contribution is 5.94. The Labute approximate surface area is 206 Å². The number of halogens is 1. The Balaban J connectivity index is 1.10. The van der Waals surface area contributed by atoms with Crippen LogP contribution in [-0.2, 0) is 16.1 Å². The van der Waals surface area contributed by atoms with Crippen molar-refractivity contribution in [3.05, 3.63) is 42.0 Å². The van der Waals surface area contributed by atoms with Gasteiger partial charge in [-0.25, -0.2) is 14.4 Å². The first-order valence-electron chi connectivity index (χ1n) is 11.9. The number of methoxy groups -OCH3 is 1. The SMILES string of the molecule is COc1ccc2ncc(F)c(OCC34CCC(NCc5ccc6c(n5)NC(=O)CO6)(CC3)CO4)c2n1. The van der Waals surface area contributed by atoms with Gasteiger partial charge >= 0.3 is 0 Å². The number of hydrogen-bond donors (Lipinski definition) is 2. The Hall–Kier alpha value is -3.57. The summed E-state index contributed by atoms with van der Waals surface area (Å²) in [6.45, 7) is 1.29. The highest BCUT2D eigenvalue weighted by Crippen LogP contribution is 2.44. The van der Waals surface area contributed by atoms with E-state index in [1.54, 1.807) is 12.1 Å². The van der Waals surface area contributed by atoms with Crippen LogP contribution in [0, 0.1) is 5.82 Å². The van der Waals surface area contributed by atoms with Crippen molar-refractivity contribution in [2.75, 3.05) is 32.2 Å². The first-order valence-corrected chi connectivity index (χ1v) is 11.9. The molecule has 7 rings (SSSR count). The van der Waals surface area contributed by atoms with E-state index >= 15 is 0 Å². The molecule has 0 spiro atoms. The summed E-state index contributed by atoms with van der Waals surface area (Å²) in [4.78, 5) is 24.5. The number of hydrogen-bond acceptors (Lipinski definition) is 9. The highest BCUT2D eigenvalue weighted by Gasteiger charge is 2.50. The van der Waals surface area contributed by atoms with Crippen molar-refractivity contribution in [3.8, 4) is 17.4 Å². The topological polar surface area (TPSA) is 117 Å². The number of nitrogens with zero attached hydrogens (tertiary/aromatic N) is 3. The molecule has 2 N–H and O–H groups in total. The lowest BCUT2D eigenvalue weighted by molar-refractivity contribution is -0.176. The van der Waals surface area contributed by atoms with E-state index in [-0.39, 0.29) is 30.4 Å². The van der Waals surface area contributed by atoms with E-state index in [1.807, 2.05) is 12.1 Å². The second-order valence-corrected chi connectivity index (χ2v) is 9.54. The molecule has 11 heteroatoms. The number of fused-ring (bicyclic) bond motifs is 5. The van der Waals surface area contributed by atoms with E-state index in [1.165, 1.54) is 7.11 Å². The van der Waals surface area contributed by atoms with Gasteiger partial charge in [0.1, 0.15) is 17.7 Å². The van der Waals surface area contributed by atoms with Gasteiger partial charge in [0.2, 0.25) is 5.88 Å². The molecule has 0 unspecified atom stereocenters. The number of anilines is 1. The van der Waals surface area contributed by atoms with Crippen molar-refractivity contribution < 1.29 is 28.1 Å². The quantitative estimate of drug-likeness (QED) is 0.510. The number of carbonyl (C=O) groups is 1. The molecule has 10 nitrogen and oxygen atoms in total. The third-order valence-electron chi connectivity index (χ3n) is 7.24. The van der Waals surface area contributed by atoms with Crippen LogP contribution in [0.2, 0.25) is 0 Å². The highest BCUT2D eigenvalue weighted by atomic mass is 19.1. The van der Waals surface area contributed by atoms with Gasteiger partial charge in [-0.05, 0) is 43.9 Å². The molecule has 6 heterocycles. The van der Waals surface area contributed by atoms with E-state index in [2.05, 4.69) is 25.6 Å². The molecule has 0 atom stereocenters. The van der Waals surface area contributed by atoms with Crippen LogP contribution in [0.4, 0.5) is 10.2 Å². The van der Waals surface area contributed by atoms with Crippen molar-refractivity contribution in [2.45, 2.75) is 43.4 Å². The summed E-state index contributed by atoms with van der Waals surface area (Å²) in [6, 6.07) is 7.11. The molecule has 1 amide bonds. The van der Waals surface area contributed by atoms with Gasteiger partial charge in [0, 0.05) is 18.2 Å². The Morgan fingerprint density at radius 2 is 2.03 bits per heavy atom. The second-order valence-electron chi connectivity index (χ2n) is 9.54. The summed E-state index contributed by atoms with van der Waals surface area (Å²) >= 11 is 0. The predicted molar refractivity (Wildman–Crippen MR) is 127 cm³/mol. The van der Waals surface area contributed by atoms with E-state index < -0.39 is 11.4 Å². The molecule has 3 aromatic rings. The third kappa shape index (κ3) is 4.18. The van der Waals surface area contributed by atoms with Crippen molar-refractivity contribution in [1.82, 2.24) is 20.3 Å². The Morgan fingerprint density at radius 1 is 1.17 bits per heavy atom. The average Bonchev–Trinajstić information content (AvgIpc) is 2.92. The molecule has 36 heavy (non-hydrogen) atoms. The first kappa shape index (κ1) is 22.9.